The Morgan fingerprint density at radius 2 is 1.12 bits per heavy atom. The second-order valence-electron chi connectivity index (χ2n) is 6.67. The van der Waals surface area contributed by atoms with Crippen LogP contribution in [0.4, 0.5) is 0 Å². The van der Waals surface area contributed by atoms with Crippen LogP contribution in [0.3, 0.4) is 0 Å². The van der Waals surface area contributed by atoms with E-state index in [1.165, 1.54) is 70.6 Å². The molecule has 0 radical (unpaired) electrons. The topological polar surface area (TPSA) is 83.5 Å². The number of carbonyl (C=O) groups excluding carboxylic acids is 1. The zero-order valence-corrected chi connectivity index (χ0v) is 16.2. The molecule has 0 aromatic carbocycles. The molecule has 1 amide bonds. The first-order chi connectivity index (χ1) is 11.5. The molecule has 0 aromatic heterocycles. The molecule has 0 atom stereocenters. The highest BCUT2D eigenvalue weighted by Gasteiger charge is 2.11. The minimum Gasteiger partial charge on any atom is -0.355 e. The number of amides is 1. The fourth-order valence-corrected chi connectivity index (χ4v) is 3.20. The maximum atomic E-state index is 11.1. The number of unbranched alkanes of at least 4 members (excludes halogenated alkanes) is 13. The molecule has 2 N–H and O–H groups in total. The van der Waals surface area contributed by atoms with Gasteiger partial charge in [0.15, 0.2) is 5.75 Å². The number of hydrogen-bond donors (Lipinski definition) is 2. The summed E-state index contributed by atoms with van der Waals surface area (Å²) in [4.78, 5) is 11.1. The van der Waals surface area contributed by atoms with Crippen LogP contribution >= 0.6 is 0 Å². The van der Waals surface area contributed by atoms with Crippen LogP contribution in [0.2, 0.25) is 0 Å². The molecule has 5 nitrogen and oxygen atoms in total. The summed E-state index contributed by atoms with van der Waals surface area (Å²) in [7, 11) is -4.21. The van der Waals surface area contributed by atoms with Crippen molar-refractivity contribution in [3.05, 3.63) is 0 Å². The Kier molecular flexibility index (Phi) is 15.5. The average molecular weight is 364 g/mol. The first-order valence-electron chi connectivity index (χ1n) is 9.67. The van der Waals surface area contributed by atoms with E-state index in [0.717, 1.165) is 19.3 Å². The molecule has 0 unspecified atom stereocenters. The molecular formula is C18H37NO4S. The van der Waals surface area contributed by atoms with E-state index >= 15 is 0 Å². The summed E-state index contributed by atoms with van der Waals surface area (Å²) >= 11 is 0. The summed E-state index contributed by atoms with van der Waals surface area (Å²) < 4.78 is 29.5. The van der Waals surface area contributed by atoms with E-state index in [4.69, 9.17) is 4.55 Å². The summed E-state index contributed by atoms with van der Waals surface area (Å²) in [5.41, 5.74) is 0. The van der Waals surface area contributed by atoms with Crippen LogP contribution in [0.1, 0.15) is 96.8 Å². The third-order valence-corrected chi connectivity index (χ3v) is 4.79. The average Bonchev–Trinajstić information content (AvgIpc) is 2.49. The van der Waals surface area contributed by atoms with Crippen LogP contribution in [0, 0.1) is 0 Å². The summed E-state index contributed by atoms with van der Waals surface area (Å²) in [5.74, 6) is -1.47. The maximum Gasteiger partial charge on any atom is 0.274 e. The van der Waals surface area contributed by atoms with Crippen molar-refractivity contribution in [2.75, 3.05) is 12.3 Å². The third-order valence-electron chi connectivity index (χ3n) is 4.17. The molecule has 144 valence electrons. The van der Waals surface area contributed by atoms with Gasteiger partial charge in [-0.1, -0.05) is 90.4 Å². The van der Waals surface area contributed by atoms with Crippen molar-refractivity contribution >= 4 is 16.0 Å². The van der Waals surface area contributed by atoms with Crippen molar-refractivity contribution in [3.8, 4) is 0 Å². The van der Waals surface area contributed by atoms with Crippen LogP contribution in [0.25, 0.3) is 0 Å². The molecule has 0 bridgehead atoms. The molecule has 0 heterocycles. The lowest BCUT2D eigenvalue weighted by molar-refractivity contribution is -0.118. The maximum absolute atomic E-state index is 11.1. The molecule has 0 aliphatic heterocycles. The van der Waals surface area contributed by atoms with Crippen molar-refractivity contribution in [3.63, 3.8) is 0 Å². The van der Waals surface area contributed by atoms with E-state index in [1.54, 1.807) is 0 Å². The van der Waals surface area contributed by atoms with Crippen LogP contribution < -0.4 is 5.32 Å². The number of nitrogens with one attached hydrogen (secondary N) is 1. The molecule has 0 aromatic rings. The lowest BCUT2D eigenvalue weighted by Crippen LogP contribution is -2.30. The van der Waals surface area contributed by atoms with Gasteiger partial charge in [-0.05, 0) is 6.42 Å². The molecular weight excluding hydrogens is 326 g/mol. The first-order valence-corrected chi connectivity index (χ1v) is 11.3. The minimum absolute atomic E-state index is 0.479. The standard InChI is InChI=1S/C18H37NO4S/c1-2-3-4-5-6-7-8-9-10-11-12-13-14-15-16-19-18(20)17-24(21,22)23/h2-17H2,1H3,(H,19,20)(H,21,22,23). The summed E-state index contributed by atoms with van der Waals surface area (Å²) in [5, 5.41) is 2.50. The van der Waals surface area contributed by atoms with Crippen molar-refractivity contribution in [1.29, 1.82) is 0 Å². The van der Waals surface area contributed by atoms with E-state index in [-0.39, 0.29) is 0 Å². The lowest BCUT2D eigenvalue weighted by Gasteiger charge is -2.05. The Balaban J connectivity index is 3.16. The van der Waals surface area contributed by atoms with E-state index in [1.807, 2.05) is 0 Å². The van der Waals surface area contributed by atoms with Crippen molar-refractivity contribution in [1.82, 2.24) is 5.32 Å². The first kappa shape index (κ1) is 23.4. The van der Waals surface area contributed by atoms with Gasteiger partial charge in [0, 0.05) is 6.54 Å². The van der Waals surface area contributed by atoms with Gasteiger partial charge in [-0.2, -0.15) is 8.42 Å². The highest BCUT2D eigenvalue weighted by atomic mass is 32.2. The quantitative estimate of drug-likeness (QED) is 0.295. The molecule has 0 fully saturated rings. The molecule has 24 heavy (non-hydrogen) atoms. The minimum atomic E-state index is -4.21. The zero-order chi connectivity index (χ0) is 18.1. The van der Waals surface area contributed by atoms with Gasteiger partial charge in [-0.25, -0.2) is 0 Å². The molecule has 6 heteroatoms. The fraction of sp³-hybridized carbons (Fsp3) is 0.944. The number of carbonyl (C=O) groups is 1. The highest BCUT2D eigenvalue weighted by Crippen LogP contribution is 2.12. The second-order valence-corrected chi connectivity index (χ2v) is 8.12. The third kappa shape index (κ3) is 19.4. The summed E-state index contributed by atoms with van der Waals surface area (Å²) in [6.07, 6.45) is 17.9. The highest BCUT2D eigenvalue weighted by molar-refractivity contribution is 7.86. The van der Waals surface area contributed by atoms with E-state index in [0.29, 0.717) is 6.54 Å². The van der Waals surface area contributed by atoms with Gasteiger partial charge in [0.2, 0.25) is 5.91 Å². The fourth-order valence-electron chi connectivity index (χ4n) is 2.76. The molecule has 0 aliphatic carbocycles. The SMILES string of the molecule is CCCCCCCCCCCCCCCCNC(=O)CS(=O)(=O)O. The molecule has 0 saturated carbocycles. The van der Waals surface area contributed by atoms with Gasteiger partial charge >= 0.3 is 0 Å². The molecule has 0 rings (SSSR count). The molecule has 0 spiro atoms. The zero-order valence-electron chi connectivity index (χ0n) is 15.4. The number of hydrogen-bond acceptors (Lipinski definition) is 3. The predicted octanol–water partition coefficient (Wildman–Crippen LogP) is 4.47. The van der Waals surface area contributed by atoms with Crippen molar-refractivity contribution in [2.24, 2.45) is 0 Å². The van der Waals surface area contributed by atoms with Crippen molar-refractivity contribution < 1.29 is 17.8 Å². The van der Waals surface area contributed by atoms with E-state index in [9.17, 15) is 13.2 Å². The van der Waals surface area contributed by atoms with Crippen LogP contribution in [-0.2, 0) is 14.9 Å². The molecule has 0 aliphatic rings. The Bertz CT molecular complexity index is 396. The predicted molar refractivity (Wildman–Crippen MR) is 99.7 cm³/mol. The Morgan fingerprint density at radius 1 is 0.750 bits per heavy atom. The lowest BCUT2D eigenvalue weighted by atomic mass is 10.0. The molecule has 0 saturated heterocycles. The van der Waals surface area contributed by atoms with Crippen LogP contribution in [-0.4, -0.2) is 31.2 Å². The van der Waals surface area contributed by atoms with Gasteiger partial charge in [0.1, 0.15) is 0 Å². The monoisotopic (exact) mass is 363 g/mol. The largest absolute Gasteiger partial charge is 0.355 e. The summed E-state index contributed by atoms with van der Waals surface area (Å²) in [6, 6.07) is 0. The normalized spacial score (nSPS) is 11.6. The van der Waals surface area contributed by atoms with Crippen LogP contribution in [0.15, 0.2) is 0 Å². The van der Waals surface area contributed by atoms with Gasteiger partial charge in [0.05, 0.1) is 0 Å². The Morgan fingerprint density at radius 3 is 1.50 bits per heavy atom. The van der Waals surface area contributed by atoms with Crippen molar-refractivity contribution in [2.45, 2.75) is 96.8 Å². The van der Waals surface area contributed by atoms with Gasteiger partial charge in [0.25, 0.3) is 10.1 Å². The van der Waals surface area contributed by atoms with Gasteiger partial charge in [-0.15, -0.1) is 0 Å². The number of rotatable bonds is 17. The Hall–Kier alpha value is -0.620. The van der Waals surface area contributed by atoms with E-state index < -0.39 is 21.8 Å². The van der Waals surface area contributed by atoms with E-state index in [2.05, 4.69) is 12.2 Å². The Labute approximate surface area is 148 Å². The van der Waals surface area contributed by atoms with Gasteiger partial charge in [-0.3, -0.25) is 9.35 Å². The van der Waals surface area contributed by atoms with Gasteiger partial charge < -0.3 is 5.32 Å². The second kappa shape index (κ2) is 15.9. The summed E-state index contributed by atoms with van der Waals surface area (Å²) in [6.45, 7) is 2.73. The van der Waals surface area contributed by atoms with Crippen LogP contribution in [0.5, 0.6) is 0 Å². The smallest absolute Gasteiger partial charge is 0.274 e.